The molecule has 4 aromatic carbocycles. The van der Waals surface area contributed by atoms with Crippen molar-refractivity contribution in [2.75, 3.05) is 10.2 Å². The molecule has 0 spiro atoms. The van der Waals surface area contributed by atoms with Gasteiger partial charge in [0.05, 0.1) is 16.6 Å². The molecule has 2 aliphatic rings. The number of thioether (sulfide) groups is 1. The standard InChI is InChI=1S/C32H21BrFN3O4S2/c33-20-8-13-23(14-9-20)37-29(39)26-25(18-5-10-21(34)11-6-18)28-31(42-27(26)30(37)40)36(32(41)43-28)16-24(38)35-22-12-7-17-3-1-2-4-19(17)15-22/h1-15,25-27H,16H2,(H,35,38)/t25-,26-,27+/m0/s1. The van der Waals surface area contributed by atoms with E-state index >= 15 is 0 Å². The number of thiazole rings is 1. The van der Waals surface area contributed by atoms with Crippen molar-refractivity contribution >= 4 is 78.9 Å². The van der Waals surface area contributed by atoms with Crippen LogP contribution in [0.1, 0.15) is 16.4 Å². The number of hydrogen-bond donors (Lipinski definition) is 1. The molecule has 1 N–H and O–H groups in total. The van der Waals surface area contributed by atoms with Crippen molar-refractivity contribution in [3.8, 4) is 0 Å². The topological polar surface area (TPSA) is 88.5 Å². The minimum atomic E-state index is -0.831. The quantitative estimate of drug-likeness (QED) is 0.218. The lowest BCUT2D eigenvalue weighted by Crippen LogP contribution is -2.33. The average Bonchev–Trinajstić information content (AvgIpc) is 3.44. The van der Waals surface area contributed by atoms with Crippen LogP contribution in [0, 0.1) is 11.7 Å². The zero-order chi connectivity index (χ0) is 29.8. The van der Waals surface area contributed by atoms with E-state index in [0.29, 0.717) is 26.8 Å². The molecule has 7 nitrogen and oxygen atoms in total. The van der Waals surface area contributed by atoms with Crippen LogP contribution in [-0.4, -0.2) is 27.5 Å². The summed E-state index contributed by atoms with van der Waals surface area (Å²) in [5, 5.41) is 4.52. The van der Waals surface area contributed by atoms with Gasteiger partial charge in [0, 0.05) is 21.0 Å². The fourth-order valence-electron chi connectivity index (χ4n) is 5.74. The highest BCUT2D eigenvalue weighted by molar-refractivity contribution is 9.10. The van der Waals surface area contributed by atoms with Crippen molar-refractivity contribution in [2.24, 2.45) is 5.92 Å². The zero-order valence-corrected chi connectivity index (χ0v) is 25.4. The van der Waals surface area contributed by atoms with Crippen LogP contribution in [-0.2, 0) is 20.9 Å². The van der Waals surface area contributed by atoms with E-state index in [1.165, 1.54) is 21.6 Å². The summed E-state index contributed by atoms with van der Waals surface area (Å²) in [6, 6.07) is 26.0. The first-order chi connectivity index (χ1) is 20.8. The molecule has 3 amide bonds. The molecule has 11 heteroatoms. The van der Waals surface area contributed by atoms with Crippen LogP contribution < -0.4 is 15.1 Å². The Bertz CT molecular complexity index is 1990. The maximum atomic E-state index is 13.9. The summed E-state index contributed by atoms with van der Waals surface area (Å²) < 4.78 is 16.1. The molecule has 1 fully saturated rings. The number of hydrogen-bond acceptors (Lipinski definition) is 6. The van der Waals surface area contributed by atoms with Crippen molar-refractivity contribution in [2.45, 2.75) is 22.7 Å². The van der Waals surface area contributed by atoms with E-state index in [2.05, 4.69) is 21.2 Å². The highest BCUT2D eigenvalue weighted by Crippen LogP contribution is 2.53. The van der Waals surface area contributed by atoms with Gasteiger partial charge in [0.1, 0.15) is 17.6 Å². The Balaban J connectivity index is 1.26. The number of imide groups is 1. The van der Waals surface area contributed by atoms with Gasteiger partial charge in [-0.1, -0.05) is 81.5 Å². The summed E-state index contributed by atoms with van der Waals surface area (Å²) in [4.78, 5) is 55.7. The third kappa shape index (κ3) is 4.91. The van der Waals surface area contributed by atoms with Gasteiger partial charge < -0.3 is 5.32 Å². The second-order valence-corrected chi connectivity index (χ2v) is 13.4. The Morgan fingerprint density at radius 2 is 1.60 bits per heavy atom. The summed E-state index contributed by atoms with van der Waals surface area (Å²) in [6.07, 6.45) is 0. The SMILES string of the molecule is O=C(Cn1c2c(sc1=O)[C@@H](c1ccc(F)cc1)[C@@H]1C(=O)N(c3ccc(Br)cc3)C(=O)[C@@H]1S2)Nc1ccc2ccccc2c1. The van der Waals surface area contributed by atoms with Gasteiger partial charge in [-0.2, -0.15) is 0 Å². The Kier molecular flexibility index (Phi) is 7.03. The van der Waals surface area contributed by atoms with Gasteiger partial charge in [0.15, 0.2) is 0 Å². The molecule has 5 aromatic rings. The van der Waals surface area contributed by atoms with Crippen molar-refractivity contribution in [3.63, 3.8) is 0 Å². The van der Waals surface area contributed by atoms with Gasteiger partial charge in [-0.25, -0.2) is 9.29 Å². The third-order valence-corrected chi connectivity index (χ3v) is 10.8. The highest BCUT2D eigenvalue weighted by Gasteiger charge is 2.56. The normalized spacial score (nSPS) is 19.4. The minimum absolute atomic E-state index is 0.267. The number of amides is 3. The maximum Gasteiger partial charge on any atom is 0.308 e. The summed E-state index contributed by atoms with van der Waals surface area (Å²) in [6.45, 7) is -0.267. The number of rotatable bonds is 5. The van der Waals surface area contributed by atoms with Gasteiger partial charge in [0.2, 0.25) is 17.7 Å². The molecule has 43 heavy (non-hydrogen) atoms. The predicted octanol–water partition coefficient (Wildman–Crippen LogP) is 6.40. The first-order valence-corrected chi connectivity index (χ1v) is 15.8. The molecule has 1 aromatic heterocycles. The van der Waals surface area contributed by atoms with E-state index in [1.807, 2.05) is 36.4 Å². The molecule has 0 bridgehead atoms. The molecule has 0 unspecified atom stereocenters. The molecular formula is C32H21BrFN3O4S2. The second kappa shape index (κ2) is 10.9. The molecule has 3 heterocycles. The molecule has 1 saturated heterocycles. The lowest BCUT2D eigenvalue weighted by molar-refractivity contribution is -0.122. The number of nitrogens with one attached hydrogen (secondary N) is 1. The number of carbonyl (C=O) groups excluding carboxylic acids is 3. The maximum absolute atomic E-state index is 13.9. The molecule has 214 valence electrons. The Morgan fingerprint density at radius 1 is 0.884 bits per heavy atom. The number of halogens is 2. The van der Waals surface area contributed by atoms with E-state index in [-0.39, 0.29) is 17.3 Å². The summed E-state index contributed by atoms with van der Waals surface area (Å²) in [5.41, 5.74) is 1.66. The van der Waals surface area contributed by atoms with Gasteiger partial charge >= 0.3 is 4.87 Å². The smallest absolute Gasteiger partial charge is 0.308 e. The van der Waals surface area contributed by atoms with E-state index in [1.54, 1.807) is 42.5 Å². The molecular weight excluding hydrogens is 653 g/mol. The second-order valence-electron chi connectivity index (χ2n) is 10.3. The van der Waals surface area contributed by atoms with Crippen LogP contribution in [0.25, 0.3) is 10.8 Å². The highest BCUT2D eigenvalue weighted by atomic mass is 79.9. The third-order valence-electron chi connectivity index (χ3n) is 7.70. The van der Waals surface area contributed by atoms with Crippen LogP contribution in [0.3, 0.4) is 0 Å². The van der Waals surface area contributed by atoms with Crippen LogP contribution in [0.15, 0.2) is 105 Å². The van der Waals surface area contributed by atoms with Crippen molar-refractivity contribution in [1.82, 2.24) is 4.57 Å². The van der Waals surface area contributed by atoms with Gasteiger partial charge in [0.25, 0.3) is 0 Å². The van der Waals surface area contributed by atoms with Crippen LogP contribution >= 0.6 is 39.0 Å². The Labute approximate surface area is 261 Å². The lowest BCUT2D eigenvalue weighted by Gasteiger charge is -2.30. The fourth-order valence-corrected chi connectivity index (χ4v) is 8.78. The summed E-state index contributed by atoms with van der Waals surface area (Å²) >= 11 is 5.47. The zero-order valence-electron chi connectivity index (χ0n) is 22.2. The largest absolute Gasteiger partial charge is 0.325 e. The minimum Gasteiger partial charge on any atom is -0.325 e. The summed E-state index contributed by atoms with van der Waals surface area (Å²) in [5.74, 6) is -3.09. The number of aromatic nitrogens is 1. The van der Waals surface area contributed by atoms with E-state index in [0.717, 1.165) is 38.3 Å². The number of anilines is 2. The van der Waals surface area contributed by atoms with Crippen molar-refractivity contribution in [3.05, 3.63) is 121 Å². The van der Waals surface area contributed by atoms with Crippen LogP contribution in [0.4, 0.5) is 15.8 Å². The van der Waals surface area contributed by atoms with Crippen molar-refractivity contribution in [1.29, 1.82) is 0 Å². The number of fused-ring (bicyclic) bond motifs is 3. The average molecular weight is 675 g/mol. The van der Waals surface area contributed by atoms with E-state index in [9.17, 15) is 23.6 Å². The van der Waals surface area contributed by atoms with Gasteiger partial charge in [-0.05, 0) is 64.9 Å². The molecule has 7 rings (SSSR count). The Hall–Kier alpha value is -4.06. The number of benzene rings is 4. The fraction of sp³-hybridized carbons (Fsp3) is 0.125. The van der Waals surface area contributed by atoms with Gasteiger partial charge in [-0.15, -0.1) is 0 Å². The van der Waals surface area contributed by atoms with Crippen LogP contribution in [0.5, 0.6) is 0 Å². The number of carbonyl (C=O) groups is 3. The molecule has 3 atom stereocenters. The molecule has 0 saturated carbocycles. The van der Waals surface area contributed by atoms with E-state index < -0.39 is 34.7 Å². The molecule has 0 radical (unpaired) electrons. The predicted molar refractivity (Wildman–Crippen MR) is 169 cm³/mol. The first kappa shape index (κ1) is 27.8. The van der Waals surface area contributed by atoms with Crippen molar-refractivity contribution < 1.29 is 18.8 Å². The Morgan fingerprint density at radius 3 is 2.35 bits per heavy atom. The first-order valence-electron chi connectivity index (χ1n) is 13.4. The van der Waals surface area contributed by atoms with Crippen LogP contribution in [0.2, 0.25) is 0 Å². The molecule has 0 aliphatic carbocycles. The van der Waals surface area contributed by atoms with Gasteiger partial charge in [-0.3, -0.25) is 23.7 Å². The lowest BCUT2D eigenvalue weighted by atomic mass is 9.83. The summed E-state index contributed by atoms with van der Waals surface area (Å²) in [7, 11) is 0. The number of nitrogens with zero attached hydrogens (tertiary/aromatic N) is 2. The molecule has 2 aliphatic heterocycles. The monoisotopic (exact) mass is 673 g/mol. The van der Waals surface area contributed by atoms with E-state index in [4.69, 9.17) is 0 Å².